The van der Waals surface area contributed by atoms with Gasteiger partial charge in [0.15, 0.2) is 5.78 Å². The fraction of sp³-hybridized carbons (Fsp3) is 0.682. The first-order chi connectivity index (χ1) is 11.5. The van der Waals surface area contributed by atoms with E-state index < -0.39 is 0 Å². The second kappa shape index (κ2) is 4.72. The number of carbonyl (C=O) groups is 1. The van der Waals surface area contributed by atoms with E-state index in [-0.39, 0.29) is 11.2 Å². The molecule has 4 aliphatic carbocycles. The van der Waals surface area contributed by atoms with Crippen LogP contribution in [-0.2, 0) is 4.79 Å². The Bertz CT molecular complexity index is 701. The predicted molar refractivity (Wildman–Crippen MR) is 96.5 cm³/mol. The molecule has 24 heavy (non-hydrogen) atoms. The molecule has 5 rings (SSSR count). The molecule has 128 valence electrons. The summed E-state index contributed by atoms with van der Waals surface area (Å²) in [5, 5.41) is 0. The average Bonchev–Trinajstić information content (AvgIpc) is 3.03. The standard InChI is InChI=1S/C22H29NO/c1-14-18-6-7-20-17-5-4-15-12-16(24)8-10-21(15,2)19(17)9-11-22(18,20)13-23(14)3/h7-8,10,12,14,17-19H,4-6,9,11,13H2,1-3H3. The summed E-state index contributed by atoms with van der Waals surface area (Å²) >= 11 is 0. The first kappa shape index (κ1) is 15.1. The molecular weight excluding hydrogens is 294 g/mol. The van der Waals surface area contributed by atoms with E-state index in [4.69, 9.17) is 0 Å². The summed E-state index contributed by atoms with van der Waals surface area (Å²) < 4.78 is 0. The van der Waals surface area contributed by atoms with Gasteiger partial charge in [-0.25, -0.2) is 0 Å². The molecule has 5 aliphatic rings. The highest BCUT2D eigenvalue weighted by molar-refractivity contribution is 6.01. The van der Waals surface area contributed by atoms with Crippen molar-refractivity contribution in [3.8, 4) is 0 Å². The third-order valence-corrected chi connectivity index (χ3v) is 8.57. The Morgan fingerprint density at radius 1 is 1.25 bits per heavy atom. The first-order valence-corrected chi connectivity index (χ1v) is 9.81. The number of rotatable bonds is 0. The van der Waals surface area contributed by atoms with Crippen LogP contribution >= 0.6 is 0 Å². The number of hydrogen-bond donors (Lipinski definition) is 0. The second-order valence-corrected chi connectivity index (χ2v) is 9.29. The van der Waals surface area contributed by atoms with E-state index in [2.05, 4.69) is 37.9 Å². The summed E-state index contributed by atoms with van der Waals surface area (Å²) in [7, 11) is 2.32. The summed E-state index contributed by atoms with van der Waals surface area (Å²) in [6.07, 6.45) is 15.0. The Hall–Kier alpha value is -1.15. The van der Waals surface area contributed by atoms with Crippen molar-refractivity contribution in [2.24, 2.45) is 28.6 Å². The van der Waals surface area contributed by atoms with Gasteiger partial charge in [0.25, 0.3) is 0 Å². The monoisotopic (exact) mass is 323 g/mol. The van der Waals surface area contributed by atoms with Crippen LogP contribution in [0.4, 0.5) is 0 Å². The van der Waals surface area contributed by atoms with Crippen molar-refractivity contribution in [1.82, 2.24) is 4.90 Å². The Morgan fingerprint density at radius 2 is 2.08 bits per heavy atom. The van der Waals surface area contributed by atoms with Crippen LogP contribution < -0.4 is 0 Å². The fourth-order valence-corrected chi connectivity index (χ4v) is 7.25. The van der Waals surface area contributed by atoms with Crippen molar-refractivity contribution >= 4 is 5.78 Å². The van der Waals surface area contributed by atoms with Gasteiger partial charge in [0, 0.05) is 23.4 Å². The largest absolute Gasteiger partial charge is 0.302 e. The number of nitrogens with zero attached hydrogens (tertiary/aromatic N) is 1. The molecule has 0 amide bonds. The lowest BCUT2D eigenvalue weighted by Gasteiger charge is -2.55. The van der Waals surface area contributed by atoms with E-state index in [0.29, 0.717) is 11.3 Å². The van der Waals surface area contributed by atoms with Crippen LogP contribution in [-0.4, -0.2) is 30.3 Å². The van der Waals surface area contributed by atoms with Crippen molar-refractivity contribution < 1.29 is 4.79 Å². The summed E-state index contributed by atoms with van der Waals surface area (Å²) in [4.78, 5) is 14.4. The van der Waals surface area contributed by atoms with Gasteiger partial charge < -0.3 is 4.90 Å². The van der Waals surface area contributed by atoms with Gasteiger partial charge in [-0.3, -0.25) is 4.79 Å². The normalized spacial score (nSPS) is 49.9. The molecule has 6 unspecified atom stereocenters. The van der Waals surface area contributed by atoms with Crippen molar-refractivity contribution in [2.75, 3.05) is 13.6 Å². The number of hydrogen-bond acceptors (Lipinski definition) is 2. The average molecular weight is 323 g/mol. The summed E-state index contributed by atoms with van der Waals surface area (Å²) in [6.45, 7) is 6.09. The van der Waals surface area contributed by atoms with Gasteiger partial charge in [0.05, 0.1) is 0 Å². The molecule has 0 bridgehead atoms. The number of likely N-dealkylation sites (tertiary alicyclic amines) is 1. The van der Waals surface area contributed by atoms with Crippen molar-refractivity contribution in [1.29, 1.82) is 0 Å². The van der Waals surface area contributed by atoms with Gasteiger partial charge >= 0.3 is 0 Å². The van der Waals surface area contributed by atoms with E-state index in [1.165, 1.54) is 37.8 Å². The van der Waals surface area contributed by atoms with E-state index in [1.54, 1.807) is 0 Å². The minimum Gasteiger partial charge on any atom is -0.302 e. The Labute approximate surface area is 145 Å². The maximum absolute atomic E-state index is 11.8. The summed E-state index contributed by atoms with van der Waals surface area (Å²) in [6, 6.07) is 0.720. The van der Waals surface area contributed by atoms with Crippen LogP contribution in [0.5, 0.6) is 0 Å². The van der Waals surface area contributed by atoms with Gasteiger partial charge in [0.1, 0.15) is 0 Å². The van der Waals surface area contributed by atoms with Gasteiger partial charge in [-0.2, -0.15) is 0 Å². The Kier molecular flexibility index (Phi) is 2.98. The minimum atomic E-state index is 0.119. The molecule has 2 saturated carbocycles. The van der Waals surface area contributed by atoms with Gasteiger partial charge in [0.2, 0.25) is 0 Å². The molecule has 2 nitrogen and oxygen atoms in total. The predicted octanol–water partition coefficient (Wildman–Crippen LogP) is 4.14. The molecule has 6 atom stereocenters. The van der Waals surface area contributed by atoms with Crippen LogP contribution in [0.3, 0.4) is 0 Å². The van der Waals surface area contributed by atoms with Gasteiger partial charge in [-0.05, 0) is 76.0 Å². The maximum Gasteiger partial charge on any atom is 0.178 e. The van der Waals surface area contributed by atoms with Crippen molar-refractivity contribution in [3.05, 3.63) is 35.5 Å². The number of fused-ring (bicyclic) bond motifs is 4. The zero-order chi connectivity index (χ0) is 16.7. The number of carbonyl (C=O) groups excluding carboxylic acids is 1. The number of ketones is 1. The first-order valence-electron chi connectivity index (χ1n) is 9.81. The van der Waals surface area contributed by atoms with E-state index in [9.17, 15) is 4.79 Å². The van der Waals surface area contributed by atoms with Crippen LogP contribution in [0.2, 0.25) is 0 Å². The van der Waals surface area contributed by atoms with Gasteiger partial charge in [-0.1, -0.05) is 30.2 Å². The van der Waals surface area contributed by atoms with E-state index in [1.807, 2.05) is 17.7 Å². The molecule has 2 heteroatoms. The lowest BCUT2D eigenvalue weighted by molar-refractivity contribution is -0.110. The van der Waals surface area contributed by atoms with Crippen LogP contribution in [0.15, 0.2) is 35.5 Å². The topological polar surface area (TPSA) is 20.3 Å². The zero-order valence-electron chi connectivity index (χ0n) is 15.2. The third-order valence-electron chi connectivity index (χ3n) is 8.57. The lowest BCUT2D eigenvalue weighted by atomic mass is 9.49. The molecule has 0 radical (unpaired) electrons. The summed E-state index contributed by atoms with van der Waals surface area (Å²) in [5.41, 5.74) is 3.80. The molecule has 1 saturated heterocycles. The van der Waals surface area contributed by atoms with Crippen LogP contribution in [0.25, 0.3) is 0 Å². The summed E-state index contributed by atoms with van der Waals surface area (Å²) in [5.74, 6) is 2.47. The molecule has 0 N–H and O–H groups in total. The van der Waals surface area contributed by atoms with Crippen molar-refractivity contribution in [2.45, 2.75) is 52.0 Å². The molecule has 0 aromatic rings. The third kappa shape index (κ3) is 1.68. The molecule has 0 aromatic carbocycles. The molecule has 1 spiro atoms. The maximum atomic E-state index is 11.8. The highest BCUT2D eigenvalue weighted by Crippen LogP contribution is 2.66. The molecule has 1 heterocycles. The van der Waals surface area contributed by atoms with E-state index >= 15 is 0 Å². The molecule has 1 aliphatic heterocycles. The van der Waals surface area contributed by atoms with E-state index in [0.717, 1.165) is 24.3 Å². The lowest BCUT2D eigenvalue weighted by Crippen LogP contribution is -2.47. The Balaban J connectivity index is 1.53. The SMILES string of the molecule is CC1C2CC=C3C4CCC5=CC(=O)C=CC5(C)C4CCC32CN1C. The zero-order valence-corrected chi connectivity index (χ0v) is 15.2. The number of allylic oxidation sites excluding steroid dienone is 5. The highest BCUT2D eigenvalue weighted by Gasteiger charge is 2.60. The second-order valence-electron chi connectivity index (χ2n) is 9.29. The van der Waals surface area contributed by atoms with Crippen molar-refractivity contribution in [3.63, 3.8) is 0 Å². The van der Waals surface area contributed by atoms with Crippen LogP contribution in [0.1, 0.15) is 46.0 Å². The highest BCUT2D eigenvalue weighted by atomic mass is 16.1. The quantitative estimate of drug-likeness (QED) is 0.624. The Morgan fingerprint density at radius 3 is 2.92 bits per heavy atom. The smallest absolute Gasteiger partial charge is 0.178 e. The molecule has 0 aromatic heterocycles. The molecular formula is C22H29NO. The van der Waals surface area contributed by atoms with Gasteiger partial charge in [-0.15, -0.1) is 0 Å². The van der Waals surface area contributed by atoms with Crippen LogP contribution in [0, 0.1) is 28.6 Å². The fourth-order valence-electron chi connectivity index (χ4n) is 7.25. The molecule has 3 fully saturated rings. The minimum absolute atomic E-state index is 0.119.